The van der Waals surface area contributed by atoms with Crippen molar-refractivity contribution in [2.45, 2.75) is 6.92 Å². The van der Waals surface area contributed by atoms with Crippen molar-refractivity contribution < 1.29 is 4.79 Å². The predicted molar refractivity (Wildman–Crippen MR) is 73.4 cm³/mol. The third kappa shape index (κ3) is 2.60. The fourth-order valence-corrected chi connectivity index (χ4v) is 1.63. The number of aryl methyl sites for hydroxylation is 1. The van der Waals surface area contributed by atoms with Gasteiger partial charge in [-0.25, -0.2) is 4.98 Å². The summed E-state index contributed by atoms with van der Waals surface area (Å²) in [6, 6.07) is 9.08. The fourth-order valence-electron chi connectivity index (χ4n) is 1.63. The zero-order chi connectivity index (χ0) is 13.8. The standard InChI is InChI=1S/C14H13N3O2/c1-3-12(18)16-13-10(2)15-9-17(14(13)19)11-7-5-4-6-8-11/h3-9H,1H2,2H3,(H,16,18). The van der Waals surface area contributed by atoms with E-state index in [4.69, 9.17) is 0 Å². The average Bonchev–Trinajstić information content (AvgIpc) is 2.44. The van der Waals surface area contributed by atoms with Gasteiger partial charge in [-0.3, -0.25) is 14.2 Å². The first-order valence-corrected chi connectivity index (χ1v) is 5.70. The monoisotopic (exact) mass is 255 g/mol. The van der Waals surface area contributed by atoms with Crippen LogP contribution in [0.4, 0.5) is 5.69 Å². The molecule has 0 saturated heterocycles. The van der Waals surface area contributed by atoms with E-state index in [2.05, 4.69) is 16.9 Å². The number of carbonyl (C=O) groups excluding carboxylic acids is 1. The molecule has 0 unspecified atom stereocenters. The molecular weight excluding hydrogens is 242 g/mol. The Labute approximate surface area is 110 Å². The van der Waals surface area contributed by atoms with Crippen molar-refractivity contribution in [3.8, 4) is 5.69 Å². The lowest BCUT2D eigenvalue weighted by Gasteiger charge is -2.09. The van der Waals surface area contributed by atoms with Gasteiger partial charge >= 0.3 is 0 Å². The van der Waals surface area contributed by atoms with Crippen LogP contribution in [0.25, 0.3) is 5.69 Å². The highest BCUT2D eigenvalue weighted by molar-refractivity contribution is 5.99. The molecule has 5 nitrogen and oxygen atoms in total. The van der Waals surface area contributed by atoms with Crippen molar-refractivity contribution in [3.63, 3.8) is 0 Å². The number of nitrogens with one attached hydrogen (secondary N) is 1. The second-order valence-electron chi connectivity index (χ2n) is 3.91. The van der Waals surface area contributed by atoms with Gasteiger partial charge in [-0.1, -0.05) is 24.8 Å². The summed E-state index contributed by atoms with van der Waals surface area (Å²) in [7, 11) is 0. The number of anilines is 1. The van der Waals surface area contributed by atoms with Crippen LogP contribution in [0.1, 0.15) is 5.69 Å². The van der Waals surface area contributed by atoms with E-state index in [1.165, 1.54) is 10.9 Å². The van der Waals surface area contributed by atoms with Crippen molar-refractivity contribution in [2.75, 3.05) is 5.32 Å². The molecule has 1 aromatic carbocycles. The Hall–Kier alpha value is -2.69. The lowest BCUT2D eigenvalue weighted by atomic mass is 10.3. The number of para-hydroxylation sites is 1. The summed E-state index contributed by atoms with van der Waals surface area (Å²) in [6.45, 7) is 5.02. The van der Waals surface area contributed by atoms with Crippen LogP contribution in [0.5, 0.6) is 0 Å². The molecule has 2 rings (SSSR count). The van der Waals surface area contributed by atoms with Crippen LogP contribution in [0.2, 0.25) is 0 Å². The molecule has 0 spiro atoms. The van der Waals surface area contributed by atoms with Gasteiger partial charge in [0, 0.05) is 0 Å². The maximum atomic E-state index is 12.3. The normalized spacial score (nSPS) is 9.95. The van der Waals surface area contributed by atoms with Crippen molar-refractivity contribution in [1.29, 1.82) is 0 Å². The number of carbonyl (C=O) groups is 1. The van der Waals surface area contributed by atoms with Crippen molar-refractivity contribution in [3.05, 3.63) is 65.4 Å². The molecule has 2 aromatic rings. The third-order valence-corrected chi connectivity index (χ3v) is 2.63. The van der Waals surface area contributed by atoms with E-state index < -0.39 is 5.91 Å². The SMILES string of the molecule is C=CC(=O)Nc1c(C)ncn(-c2ccccc2)c1=O. The molecule has 0 saturated carbocycles. The first-order valence-electron chi connectivity index (χ1n) is 5.70. The van der Waals surface area contributed by atoms with E-state index >= 15 is 0 Å². The minimum absolute atomic E-state index is 0.163. The smallest absolute Gasteiger partial charge is 0.281 e. The second-order valence-corrected chi connectivity index (χ2v) is 3.91. The molecule has 96 valence electrons. The molecule has 0 radical (unpaired) electrons. The van der Waals surface area contributed by atoms with Gasteiger partial charge in [0.1, 0.15) is 12.0 Å². The summed E-state index contributed by atoms with van der Waals surface area (Å²) in [4.78, 5) is 27.8. The number of amides is 1. The molecular formula is C14H13N3O2. The van der Waals surface area contributed by atoms with Crippen LogP contribution in [0.3, 0.4) is 0 Å². The lowest BCUT2D eigenvalue weighted by Crippen LogP contribution is -2.26. The molecule has 5 heteroatoms. The van der Waals surface area contributed by atoms with Gasteiger partial charge in [-0.15, -0.1) is 0 Å². The van der Waals surface area contributed by atoms with Crippen molar-refractivity contribution in [2.24, 2.45) is 0 Å². The van der Waals surface area contributed by atoms with Crippen LogP contribution in [0, 0.1) is 6.92 Å². The van der Waals surface area contributed by atoms with Crippen molar-refractivity contribution in [1.82, 2.24) is 9.55 Å². The van der Waals surface area contributed by atoms with E-state index in [1.54, 1.807) is 19.1 Å². The van der Waals surface area contributed by atoms with Gasteiger partial charge in [-0.05, 0) is 25.1 Å². The molecule has 0 aliphatic carbocycles. The Kier molecular flexibility index (Phi) is 3.56. The minimum Gasteiger partial charge on any atom is -0.316 e. The number of aromatic nitrogens is 2. The minimum atomic E-state index is -0.437. The molecule has 19 heavy (non-hydrogen) atoms. The van der Waals surface area contributed by atoms with E-state index in [0.29, 0.717) is 11.4 Å². The Balaban J connectivity index is 2.55. The van der Waals surface area contributed by atoms with Crippen LogP contribution >= 0.6 is 0 Å². The Bertz CT molecular complexity index is 675. The number of hydrogen-bond acceptors (Lipinski definition) is 3. The van der Waals surface area contributed by atoms with Gasteiger partial charge in [0.15, 0.2) is 0 Å². The highest BCUT2D eigenvalue weighted by atomic mass is 16.2. The van der Waals surface area contributed by atoms with Crippen LogP contribution in [-0.4, -0.2) is 15.5 Å². The molecule has 1 amide bonds. The zero-order valence-corrected chi connectivity index (χ0v) is 10.5. The average molecular weight is 255 g/mol. The van der Waals surface area contributed by atoms with Gasteiger partial charge < -0.3 is 5.32 Å². The summed E-state index contributed by atoms with van der Waals surface area (Å²) in [5.74, 6) is -0.437. The number of hydrogen-bond donors (Lipinski definition) is 1. The summed E-state index contributed by atoms with van der Waals surface area (Å²) < 4.78 is 1.38. The maximum Gasteiger partial charge on any atom is 0.281 e. The summed E-state index contributed by atoms with van der Waals surface area (Å²) in [5.41, 5.74) is 0.992. The molecule has 0 aliphatic rings. The van der Waals surface area contributed by atoms with Crippen molar-refractivity contribution >= 4 is 11.6 Å². The van der Waals surface area contributed by atoms with E-state index in [-0.39, 0.29) is 11.2 Å². The first kappa shape index (κ1) is 12.8. The van der Waals surface area contributed by atoms with Crippen LogP contribution in [-0.2, 0) is 4.79 Å². The Morgan fingerprint density at radius 2 is 2.05 bits per heavy atom. The molecule has 1 aromatic heterocycles. The molecule has 1 heterocycles. The third-order valence-electron chi connectivity index (χ3n) is 2.63. The molecule has 0 atom stereocenters. The maximum absolute atomic E-state index is 12.3. The number of benzene rings is 1. The van der Waals surface area contributed by atoms with Gasteiger partial charge in [-0.2, -0.15) is 0 Å². The van der Waals surface area contributed by atoms with Gasteiger partial charge in [0.2, 0.25) is 5.91 Å². The zero-order valence-electron chi connectivity index (χ0n) is 10.5. The predicted octanol–water partition coefficient (Wildman–Crippen LogP) is 1.67. The first-order chi connectivity index (χ1) is 9.13. The summed E-state index contributed by atoms with van der Waals surface area (Å²) >= 11 is 0. The van der Waals surface area contributed by atoms with E-state index in [0.717, 1.165) is 6.08 Å². The van der Waals surface area contributed by atoms with E-state index in [9.17, 15) is 9.59 Å². The number of nitrogens with zero attached hydrogens (tertiary/aromatic N) is 2. The molecule has 0 fully saturated rings. The van der Waals surface area contributed by atoms with Crippen LogP contribution in [0.15, 0.2) is 54.1 Å². The number of rotatable bonds is 3. The van der Waals surface area contributed by atoms with E-state index in [1.807, 2.05) is 18.2 Å². The summed E-state index contributed by atoms with van der Waals surface area (Å²) in [5, 5.41) is 2.49. The quantitative estimate of drug-likeness (QED) is 0.848. The molecule has 0 aliphatic heterocycles. The van der Waals surface area contributed by atoms with Gasteiger partial charge in [0.25, 0.3) is 5.56 Å². The topological polar surface area (TPSA) is 64.0 Å². The summed E-state index contributed by atoms with van der Waals surface area (Å²) in [6.07, 6.45) is 2.55. The van der Waals surface area contributed by atoms with Crippen LogP contribution < -0.4 is 10.9 Å². The largest absolute Gasteiger partial charge is 0.316 e. The highest BCUT2D eigenvalue weighted by Crippen LogP contribution is 2.09. The highest BCUT2D eigenvalue weighted by Gasteiger charge is 2.11. The second kappa shape index (κ2) is 5.30. The van der Waals surface area contributed by atoms with Gasteiger partial charge in [0.05, 0.1) is 11.4 Å². The Morgan fingerprint density at radius 1 is 1.37 bits per heavy atom. The molecule has 1 N–H and O–H groups in total. The Morgan fingerprint density at radius 3 is 2.68 bits per heavy atom. The lowest BCUT2D eigenvalue weighted by molar-refractivity contribution is -0.111. The molecule has 0 bridgehead atoms. The fraction of sp³-hybridized carbons (Fsp3) is 0.0714.